The molecule has 1 aromatic carbocycles. The van der Waals surface area contributed by atoms with Gasteiger partial charge < -0.3 is 14.6 Å². The first-order valence-electron chi connectivity index (χ1n) is 9.09. The number of hydrogen-bond donors (Lipinski definition) is 1. The fraction of sp³-hybridized carbons (Fsp3) is 0.550. The summed E-state index contributed by atoms with van der Waals surface area (Å²) >= 11 is 12.6. The molecule has 0 saturated carbocycles. The standard InChI is InChI=1S/C20H24Cl2N2O5/c1-19(2,3)29-18(27)24-10-7-12(11-20(24,8-9-23)17(25)26)15-14(28-4)6-5-13(21)16(15)22/h5-6,12H,7-8,10-11H2,1-4H3,(H,25,26). The highest BCUT2D eigenvalue weighted by Gasteiger charge is 2.52. The largest absolute Gasteiger partial charge is 0.496 e. The molecule has 158 valence electrons. The quantitative estimate of drug-likeness (QED) is 0.714. The smallest absolute Gasteiger partial charge is 0.411 e. The van der Waals surface area contributed by atoms with Gasteiger partial charge in [0.25, 0.3) is 0 Å². The van der Waals surface area contributed by atoms with Crippen LogP contribution in [0.4, 0.5) is 4.79 Å². The molecule has 0 aliphatic carbocycles. The SMILES string of the molecule is COc1ccc(Cl)c(Cl)c1C1CCN(C(=O)OC(C)(C)C)C(CC#N)(C(=O)O)C1. The van der Waals surface area contributed by atoms with E-state index in [1.165, 1.54) is 7.11 Å². The monoisotopic (exact) mass is 442 g/mol. The van der Waals surface area contributed by atoms with Gasteiger partial charge in [0.2, 0.25) is 0 Å². The minimum atomic E-state index is -1.75. The number of halogens is 2. The number of hydrogen-bond acceptors (Lipinski definition) is 5. The van der Waals surface area contributed by atoms with Crippen LogP contribution in [-0.2, 0) is 9.53 Å². The Bertz CT molecular complexity index is 846. The average Bonchev–Trinajstić information content (AvgIpc) is 2.62. The second kappa shape index (κ2) is 8.68. The second-order valence-corrected chi connectivity index (χ2v) is 8.76. The molecular weight excluding hydrogens is 419 g/mol. The number of rotatable bonds is 4. The lowest BCUT2D eigenvalue weighted by atomic mass is 9.75. The number of methoxy groups -OCH3 is 1. The Labute approximate surface area is 180 Å². The van der Waals surface area contributed by atoms with Crippen molar-refractivity contribution in [2.24, 2.45) is 0 Å². The molecule has 1 fully saturated rings. The van der Waals surface area contributed by atoms with E-state index in [4.69, 9.17) is 32.7 Å². The van der Waals surface area contributed by atoms with Gasteiger partial charge in [0.15, 0.2) is 5.54 Å². The molecule has 0 bridgehead atoms. The van der Waals surface area contributed by atoms with Crippen molar-refractivity contribution >= 4 is 35.3 Å². The lowest BCUT2D eigenvalue weighted by Gasteiger charge is -2.46. The maximum atomic E-state index is 12.8. The molecule has 0 spiro atoms. The number of carbonyl (C=O) groups excluding carboxylic acids is 1. The number of amides is 1. The van der Waals surface area contributed by atoms with E-state index in [9.17, 15) is 20.0 Å². The summed E-state index contributed by atoms with van der Waals surface area (Å²) in [6, 6.07) is 5.18. The summed E-state index contributed by atoms with van der Waals surface area (Å²) in [7, 11) is 1.48. The molecule has 1 N–H and O–H groups in total. The Morgan fingerprint density at radius 1 is 1.38 bits per heavy atom. The first-order valence-corrected chi connectivity index (χ1v) is 9.85. The number of carboxylic acids is 1. The summed E-state index contributed by atoms with van der Waals surface area (Å²) in [4.78, 5) is 26.2. The van der Waals surface area contributed by atoms with Crippen molar-refractivity contribution in [1.82, 2.24) is 4.90 Å². The van der Waals surface area contributed by atoms with Crippen LogP contribution in [0.2, 0.25) is 10.0 Å². The molecule has 1 heterocycles. The van der Waals surface area contributed by atoms with Gasteiger partial charge in [-0.05, 0) is 51.7 Å². The van der Waals surface area contributed by atoms with E-state index in [1.54, 1.807) is 32.9 Å². The molecule has 1 aliphatic heterocycles. The van der Waals surface area contributed by atoms with Crippen LogP contribution in [0.3, 0.4) is 0 Å². The van der Waals surface area contributed by atoms with Crippen LogP contribution in [0.25, 0.3) is 0 Å². The summed E-state index contributed by atoms with van der Waals surface area (Å²) < 4.78 is 10.8. The van der Waals surface area contributed by atoms with E-state index in [1.807, 2.05) is 6.07 Å². The fourth-order valence-electron chi connectivity index (χ4n) is 3.63. The summed E-state index contributed by atoms with van der Waals surface area (Å²) in [6.45, 7) is 5.17. The van der Waals surface area contributed by atoms with Crippen molar-refractivity contribution in [3.8, 4) is 11.8 Å². The van der Waals surface area contributed by atoms with E-state index >= 15 is 0 Å². The summed E-state index contributed by atoms with van der Waals surface area (Å²) in [6.07, 6.45) is -0.766. The van der Waals surface area contributed by atoms with Crippen molar-refractivity contribution in [2.45, 2.75) is 57.1 Å². The van der Waals surface area contributed by atoms with Gasteiger partial charge in [0, 0.05) is 12.1 Å². The van der Waals surface area contributed by atoms with Crippen LogP contribution in [0.15, 0.2) is 12.1 Å². The van der Waals surface area contributed by atoms with Crippen LogP contribution in [0.5, 0.6) is 5.75 Å². The number of carboxylic acid groups (broad SMARTS) is 1. The lowest BCUT2D eigenvalue weighted by molar-refractivity contribution is -0.154. The van der Waals surface area contributed by atoms with Crippen molar-refractivity contribution in [1.29, 1.82) is 5.26 Å². The fourth-order valence-corrected chi connectivity index (χ4v) is 4.11. The number of likely N-dealkylation sites (tertiary alicyclic amines) is 1. The molecule has 29 heavy (non-hydrogen) atoms. The zero-order valence-corrected chi connectivity index (χ0v) is 18.3. The third-order valence-electron chi connectivity index (χ3n) is 4.91. The molecule has 1 saturated heterocycles. The van der Waals surface area contributed by atoms with E-state index in [0.717, 1.165) is 4.90 Å². The van der Waals surface area contributed by atoms with Crippen molar-refractivity contribution in [3.05, 3.63) is 27.7 Å². The maximum absolute atomic E-state index is 12.8. The topological polar surface area (TPSA) is 99.9 Å². The molecule has 1 amide bonds. The molecule has 2 atom stereocenters. The Hall–Kier alpha value is -2.17. The van der Waals surface area contributed by atoms with Gasteiger partial charge in [-0.3, -0.25) is 4.90 Å². The highest BCUT2D eigenvalue weighted by Crippen LogP contribution is 2.47. The second-order valence-electron chi connectivity index (χ2n) is 7.97. The number of carbonyl (C=O) groups is 2. The third-order valence-corrected chi connectivity index (χ3v) is 5.73. The molecule has 7 nitrogen and oxygen atoms in total. The first kappa shape index (κ1) is 23.1. The Morgan fingerprint density at radius 3 is 2.55 bits per heavy atom. The summed E-state index contributed by atoms with van der Waals surface area (Å²) in [5.74, 6) is -1.17. The number of nitriles is 1. The summed E-state index contributed by atoms with van der Waals surface area (Å²) in [5, 5.41) is 20.0. The molecule has 2 unspecified atom stereocenters. The molecule has 1 aromatic rings. The highest BCUT2D eigenvalue weighted by molar-refractivity contribution is 6.42. The van der Waals surface area contributed by atoms with Crippen LogP contribution >= 0.6 is 23.2 Å². The maximum Gasteiger partial charge on any atom is 0.411 e. The van der Waals surface area contributed by atoms with E-state index in [2.05, 4.69) is 0 Å². The zero-order valence-electron chi connectivity index (χ0n) is 16.8. The molecule has 0 aromatic heterocycles. The van der Waals surface area contributed by atoms with Gasteiger partial charge in [0.05, 0.1) is 29.6 Å². The molecule has 1 aliphatic rings. The highest BCUT2D eigenvalue weighted by atomic mass is 35.5. The van der Waals surface area contributed by atoms with Crippen LogP contribution in [0.1, 0.15) is 51.5 Å². The Kier molecular flexibility index (Phi) is 6.92. The normalized spacial score (nSPS) is 22.0. The van der Waals surface area contributed by atoms with Crippen molar-refractivity contribution in [2.75, 3.05) is 13.7 Å². The Balaban J connectivity index is 2.52. The molecular formula is C20H24Cl2N2O5. The van der Waals surface area contributed by atoms with Gasteiger partial charge in [-0.2, -0.15) is 5.26 Å². The van der Waals surface area contributed by atoms with E-state index < -0.39 is 29.6 Å². The van der Waals surface area contributed by atoms with Crippen molar-refractivity contribution < 1.29 is 24.2 Å². The van der Waals surface area contributed by atoms with Crippen LogP contribution < -0.4 is 4.74 Å². The van der Waals surface area contributed by atoms with Crippen LogP contribution in [0, 0.1) is 11.3 Å². The number of ether oxygens (including phenoxy) is 2. The van der Waals surface area contributed by atoms with Gasteiger partial charge >= 0.3 is 12.1 Å². The first-order chi connectivity index (χ1) is 13.5. The molecule has 2 rings (SSSR count). The number of piperidine rings is 1. The zero-order chi connectivity index (χ0) is 22.0. The minimum absolute atomic E-state index is 0.0223. The Morgan fingerprint density at radius 2 is 2.03 bits per heavy atom. The summed E-state index contributed by atoms with van der Waals surface area (Å²) in [5.41, 5.74) is -1.98. The third kappa shape index (κ3) is 4.71. The lowest BCUT2D eigenvalue weighted by Crippen LogP contribution is -2.61. The van der Waals surface area contributed by atoms with E-state index in [-0.39, 0.29) is 23.9 Å². The average molecular weight is 443 g/mol. The number of benzene rings is 1. The predicted octanol–water partition coefficient (Wildman–Crippen LogP) is 4.85. The van der Waals surface area contributed by atoms with Gasteiger partial charge in [0.1, 0.15) is 11.4 Å². The van der Waals surface area contributed by atoms with Gasteiger partial charge in [-0.1, -0.05) is 23.2 Å². The van der Waals surface area contributed by atoms with E-state index in [0.29, 0.717) is 22.8 Å². The predicted molar refractivity (Wildman–Crippen MR) is 109 cm³/mol. The van der Waals surface area contributed by atoms with Gasteiger partial charge in [-0.15, -0.1) is 0 Å². The van der Waals surface area contributed by atoms with Crippen LogP contribution in [-0.4, -0.2) is 46.9 Å². The number of aliphatic carboxylic acids is 1. The molecule has 9 heteroatoms. The van der Waals surface area contributed by atoms with Gasteiger partial charge in [-0.25, -0.2) is 9.59 Å². The molecule has 0 radical (unpaired) electrons. The minimum Gasteiger partial charge on any atom is -0.496 e. The number of nitrogens with zero attached hydrogens (tertiary/aromatic N) is 2. The van der Waals surface area contributed by atoms with Crippen molar-refractivity contribution in [3.63, 3.8) is 0 Å².